The maximum Gasteiger partial charge on any atom is 0.123 e. The Balaban J connectivity index is 1.35. The van der Waals surface area contributed by atoms with E-state index in [0.717, 1.165) is 35.7 Å². The number of benzene rings is 2. The number of likely N-dealkylation sites (tertiary alicyclic amines) is 1. The Kier molecular flexibility index (Phi) is 7.19. The van der Waals surface area contributed by atoms with Crippen molar-refractivity contribution in [2.75, 3.05) is 19.8 Å². The van der Waals surface area contributed by atoms with E-state index in [1.165, 1.54) is 12.1 Å². The highest BCUT2D eigenvalue weighted by molar-refractivity contribution is 5.30. The summed E-state index contributed by atoms with van der Waals surface area (Å²) in [4.78, 5) is 6.31. The van der Waals surface area contributed by atoms with E-state index >= 15 is 0 Å². The molecule has 0 spiro atoms. The lowest BCUT2D eigenvalue weighted by Gasteiger charge is -2.24. The van der Waals surface area contributed by atoms with Crippen LogP contribution in [0.25, 0.3) is 0 Å². The Morgan fingerprint density at radius 1 is 1.19 bits per heavy atom. The fourth-order valence-electron chi connectivity index (χ4n) is 4.43. The number of aliphatic hydroxyl groups is 2. The summed E-state index contributed by atoms with van der Waals surface area (Å²) in [5.74, 6) is 1.34. The summed E-state index contributed by atoms with van der Waals surface area (Å²) in [5, 5.41) is 20.7. The number of nitrogens with zero attached hydrogens (tertiary/aromatic N) is 3. The highest BCUT2D eigenvalue weighted by Crippen LogP contribution is 2.33. The molecule has 0 amide bonds. The van der Waals surface area contributed by atoms with Crippen LogP contribution in [0.4, 0.5) is 4.39 Å². The Morgan fingerprint density at radius 3 is 2.72 bits per heavy atom. The van der Waals surface area contributed by atoms with Crippen LogP contribution in [0.2, 0.25) is 0 Å². The van der Waals surface area contributed by atoms with E-state index in [1.807, 2.05) is 37.4 Å². The molecule has 6 nitrogen and oxygen atoms in total. The third-order valence-corrected chi connectivity index (χ3v) is 6.21. The molecule has 3 aromatic rings. The van der Waals surface area contributed by atoms with Crippen LogP contribution in [0, 0.1) is 12.7 Å². The number of hydrogen-bond acceptors (Lipinski definition) is 5. The summed E-state index contributed by atoms with van der Waals surface area (Å²) >= 11 is 0. The number of aromatic nitrogens is 2. The second kappa shape index (κ2) is 10.3. The van der Waals surface area contributed by atoms with Gasteiger partial charge in [-0.25, -0.2) is 9.37 Å². The van der Waals surface area contributed by atoms with Crippen molar-refractivity contribution in [3.05, 3.63) is 83.7 Å². The van der Waals surface area contributed by atoms with Crippen LogP contribution in [0.5, 0.6) is 5.75 Å². The number of imidazole rings is 1. The maximum absolute atomic E-state index is 13.3. The normalized spacial score (nSPS) is 21.2. The molecule has 2 aromatic carbocycles. The third kappa shape index (κ3) is 5.18. The highest BCUT2D eigenvalue weighted by atomic mass is 19.1. The molecule has 1 aliphatic heterocycles. The first-order valence-electron chi connectivity index (χ1n) is 11.0. The zero-order valence-corrected chi connectivity index (χ0v) is 18.3. The molecule has 7 heteroatoms. The second-order valence-electron chi connectivity index (χ2n) is 8.35. The molecule has 4 rings (SSSR count). The Morgan fingerprint density at radius 2 is 2.00 bits per heavy atom. The maximum atomic E-state index is 13.3. The fraction of sp³-hybridized carbons (Fsp3) is 0.400. The van der Waals surface area contributed by atoms with E-state index < -0.39 is 6.10 Å². The SMILES string of the molecule is Cc1nccn1CCCOc1cccc(CN2C[C@H](c3ccc(F)cc3)[C@@H](O)[C@H]2CO)c1. The van der Waals surface area contributed by atoms with Crippen molar-refractivity contribution in [3.8, 4) is 5.75 Å². The fourth-order valence-corrected chi connectivity index (χ4v) is 4.43. The zero-order chi connectivity index (χ0) is 22.5. The Bertz CT molecular complexity index is 1010. The predicted octanol–water partition coefficient (Wildman–Crippen LogP) is 3.12. The van der Waals surface area contributed by atoms with E-state index in [1.54, 1.807) is 18.3 Å². The molecule has 1 aromatic heterocycles. The Hall–Kier alpha value is -2.74. The molecule has 0 saturated carbocycles. The van der Waals surface area contributed by atoms with Gasteiger partial charge in [0.25, 0.3) is 0 Å². The van der Waals surface area contributed by atoms with E-state index in [9.17, 15) is 14.6 Å². The van der Waals surface area contributed by atoms with Gasteiger partial charge in [-0.05, 0) is 48.7 Å². The van der Waals surface area contributed by atoms with Gasteiger partial charge in [0.1, 0.15) is 17.4 Å². The molecule has 3 atom stereocenters. The van der Waals surface area contributed by atoms with Gasteiger partial charge in [0.2, 0.25) is 0 Å². The highest BCUT2D eigenvalue weighted by Gasteiger charge is 2.40. The van der Waals surface area contributed by atoms with Crippen LogP contribution >= 0.6 is 0 Å². The molecule has 1 fully saturated rings. The second-order valence-corrected chi connectivity index (χ2v) is 8.35. The minimum Gasteiger partial charge on any atom is -0.494 e. The lowest BCUT2D eigenvalue weighted by Crippen LogP contribution is -2.38. The number of halogens is 1. The first-order valence-corrected chi connectivity index (χ1v) is 11.0. The number of aliphatic hydroxyl groups excluding tert-OH is 2. The number of hydrogen-bond donors (Lipinski definition) is 2. The van der Waals surface area contributed by atoms with Crippen LogP contribution in [0.1, 0.15) is 29.3 Å². The van der Waals surface area contributed by atoms with Crippen molar-refractivity contribution in [1.82, 2.24) is 14.5 Å². The quantitative estimate of drug-likeness (QED) is 0.502. The van der Waals surface area contributed by atoms with Crippen LogP contribution < -0.4 is 4.74 Å². The molecule has 0 bridgehead atoms. The lowest BCUT2D eigenvalue weighted by molar-refractivity contribution is 0.0641. The predicted molar refractivity (Wildman–Crippen MR) is 120 cm³/mol. The third-order valence-electron chi connectivity index (χ3n) is 6.21. The van der Waals surface area contributed by atoms with Crippen LogP contribution in [-0.2, 0) is 13.1 Å². The van der Waals surface area contributed by atoms with Crippen molar-refractivity contribution in [2.45, 2.75) is 44.5 Å². The van der Waals surface area contributed by atoms with Gasteiger partial charge >= 0.3 is 0 Å². The summed E-state index contributed by atoms with van der Waals surface area (Å²) in [6.45, 7) is 4.50. The average molecular weight is 440 g/mol. The zero-order valence-electron chi connectivity index (χ0n) is 18.3. The molecule has 0 radical (unpaired) electrons. The van der Waals surface area contributed by atoms with Crippen molar-refractivity contribution in [3.63, 3.8) is 0 Å². The molecule has 0 aliphatic carbocycles. The van der Waals surface area contributed by atoms with Crippen molar-refractivity contribution < 1.29 is 19.3 Å². The molecule has 1 saturated heterocycles. The van der Waals surface area contributed by atoms with Crippen molar-refractivity contribution >= 4 is 0 Å². The van der Waals surface area contributed by atoms with E-state index in [2.05, 4.69) is 14.5 Å². The van der Waals surface area contributed by atoms with Crippen molar-refractivity contribution in [2.24, 2.45) is 0 Å². The van der Waals surface area contributed by atoms with Gasteiger partial charge in [-0.1, -0.05) is 24.3 Å². The lowest BCUT2D eigenvalue weighted by atomic mass is 9.94. The molecule has 2 heterocycles. The van der Waals surface area contributed by atoms with Crippen LogP contribution in [0.3, 0.4) is 0 Å². The topological polar surface area (TPSA) is 70.8 Å². The first kappa shape index (κ1) is 22.5. The summed E-state index contributed by atoms with van der Waals surface area (Å²) in [7, 11) is 0. The molecular formula is C25H30FN3O3. The molecule has 170 valence electrons. The summed E-state index contributed by atoms with van der Waals surface area (Å²) in [6.07, 6.45) is 3.94. The van der Waals surface area contributed by atoms with E-state index in [-0.39, 0.29) is 24.4 Å². The van der Waals surface area contributed by atoms with E-state index in [0.29, 0.717) is 19.7 Å². The Labute approximate surface area is 187 Å². The van der Waals surface area contributed by atoms with E-state index in [4.69, 9.17) is 4.74 Å². The van der Waals surface area contributed by atoms with Gasteiger partial charge in [0.15, 0.2) is 0 Å². The molecular weight excluding hydrogens is 409 g/mol. The number of aryl methyl sites for hydroxylation is 2. The van der Waals surface area contributed by atoms with Crippen LogP contribution in [0.15, 0.2) is 60.9 Å². The summed E-state index contributed by atoms with van der Waals surface area (Å²) in [6, 6.07) is 13.8. The minimum atomic E-state index is -0.712. The standard InChI is InChI=1S/C25H30FN3O3/c1-18-27-10-12-28(18)11-3-13-32-22-5-2-4-19(14-22)15-29-16-23(25(31)24(29)17-30)20-6-8-21(26)9-7-20/h2,4-10,12,14,23-25,30-31H,3,11,13,15-17H2,1H3/t23-,24-,25-/m1/s1. The smallest absolute Gasteiger partial charge is 0.123 e. The largest absolute Gasteiger partial charge is 0.494 e. The van der Waals surface area contributed by atoms with Crippen LogP contribution in [-0.4, -0.2) is 56.6 Å². The van der Waals surface area contributed by atoms with Gasteiger partial charge in [0.05, 0.1) is 25.4 Å². The first-order chi connectivity index (χ1) is 15.5. The van der Waals surface area contributed by atoms with Gasteiger partial charge in [0, 0.05) is 37.9 Å². The molecule has 2 N–H and O–H groups in total. The van der Waals surface area contributed by atoms with Gasteiger partial charge in [-0.15, -0.1) is 0 Å². The minimum absolute atomic E-state index is 0.136. The van der Waals surface area contributed by atoms with Gasteiger partial charge < -0.3 is 19.5 Å². The number of rotatable bonds is 9. The molecule has 32 heavy (non-hydrogen) atoms. The number of ether oxygens (including phenoxy) is 1. The van der Waals surface area contributed by atoms with Gasteiger partial charge in [-0.2, -0.15) is 0 Å². The summed E-state index contributed by atoms with van der Waals surface area (Å²) < 4.78 is 21.3. The summed E-state index contributed by atoms with van der Waals surface area (Å²) in [5.41, 5.74) is 1.93. The molecule has 0 unspecified atom stereocenters. The average Bonchev–Trinajstić information content (AvgIpc) is 3.34. The van der Waals surface area contributed by atoms with Gasteiger partial charge in [-0.3, -0.25) is 4.90 Å². The molecule has 1 aliphatic rings. The van der Waals surface area contributed by atoms with Crippen molar-refractivity contribution in [1.29, 1.82) is 0 Å². The monoisotopic (exact) mass is 439 g/mol.